The molecule has 0 aliphatic carbocycles. The quantitative estimate of drug-likeness (QED) is 0.643. The van der Waals surface area contributed by atoms with E-state index in [0.717, 1.165) is 16.9 Å². The Morgan fingerprint density at radius 2 is 1.84 bits per heavy atom. The lowest BCUT2D eigenvalue weighted by Gasteiger charge is -2.19. The summed E-state index contributed by atoms with van der Waals surface area (Å²) in [4.78, 5) is 17.7. The molecule has 0 radical (unpaired) electrons. The number of rotatable bonds is 8. The fourth-order valence-corrected chi connectivity index (χ4v) is 2.35. The molecule has 1 unspecified atom stereocenters. The molecule has 2 rings (SSSR count). The van der Waals surface area contributed by atoms with Crippen LogP contribution in [0.3, 0.4) is 0 Å². The summed E-state index contributed by atoms with van der Waals surface area (Å²) < 4.78 is 5.91. The molecule has 0 aliphatic rings. The standard InChI is InChI=1S/C19H25N3O3/c1-5-17(24-18-11-6-13(2)12-14(18)3)19(23)21-15-7-9-16(10-8-15)25-22-20-4/h6-12,17,20,22H,5H2,1-4H3,(H,21,23). The van der Waals surface area contributed by atoms with Gasteiger partial charge < -0.3 is 14.9 Å². The van der Waals surface area contributed by atoms with Gasteiger partial charge >= 0.3 is 0 Å². The van der Waals surface area contributed by atoms with Crippen molar-refractivity contribution >= 4 is 11.6 Å². The van der Waals surface area contributed by atoms with Crippen LogP contribution < -0.4 is 25.9 Å². The molecule has 0 spiro atoms. The van der Waals surface area contributed by atoms with Gasteiger partial charge in [-0.1, -0.05) is 30.2 Å². The average Bonchev–Trinajstić information content (AvgIpc) is 2.60. The van der Waals surface area contributed by atoms with E-state index in [1.54, 1.807) is 31.3 Å². The second-order valence-electron chi connectivity index (χ2n) is 5.75. The number of benzene rings is 2. The minimum absolute atomic E-state index is 0.176. The first-order valence-electron chi connectivity index (χ1n) is 8.27. The van der Waals surface area contributed by atoms with E-state index >= 15 is 0 Å². The van der Waals surface area contributed by atoms with Crippen LogP contribution in [0.4, 0.5) is 5.69 Å². The van der Waals surface area contributed by atoms with Gasteiger partial charge in [0.15, 0.2) is 6.10 Å². The minimum Gasteiger partial charge on any atom is -0.480 e. The Balaban J connectivity index is 1.99. The number of amides is 1. The molecule has 0 heterocycles. The minimum atomic E-state index is -0.553. The summed E-state index contributed by atoms with van der Waals surface area (Å²) in [5, 5.41) is 2.87. The Morgan fingerprint density at radius 1 is 1.12 bits per heavy atom. The van der Waals surface area contributed by atoms with Crippen LogP contribution in [0.2, 0.25) is 0 Å². The van der Waals surface area contributed by atoms with Crippen LogP contribution in [0.1, 0.15) is 24.5 Å². The van der Waals surface area contributed by atoms with E-state index in [1.165, 1.54) is 0 Å². The van der Waals surface area contributed by atoms with Gasteiger partial charge in [0.1, 0.15) is 11.5 Å². The number of nitrogens with one attached hydrogen (secondary N) is 3. The van der Waals surface area contributed by atoms with Crippen LogP contribution in [-0.4, -0.2) is 19.1 Å². The van der Waals surface area contributed by atoms with E-state index in [1.807, 2.05) is 39.0 Å². The second kappa shape index (κ2) is 9.05. The van der Waals surface area contributed by atoms with Gasteiger partial charge in [0.25, 0.3) is 5.91 Å². The van der Waals surface area contributed by atoms with Gasteiger partial charge in [0, 0.05) is 12.7 Å². The third kappa shape index (κ3) is 5.48. The Morgan fingerprint density at radius 3 is 2.44 bits per heavy atom. The molecule has 2 aromatic carbocycles. The van der Waals surface area contributed by atoms with Crippen LogP contribution in [0, 0.1) is 13.8 Å². The summed E-state index contributed by atoms with van der Waals surface area (Å²) >= 11 is 0. The Labute approximate surface area is 148 Å². The maximum atomic E-state index is 12.5. The maximum absolute atomic E-state index is 12.5. The smallest absolute Gasteiger partial charge is 0.265 e. The molecule has 2 aromatic rings. The molecule has 0 bridgehead atoms. The summed E-state index contributed by atoms with van der Waals surface area (Å²) in [6.45, 7) is 5.93. The maximum Gasteiger partial charge on any atom is 0.265 e. The second-order valence-corrected chi connectivity index (χ2v) is 5.75. The van der Waals surface area contributed by atoms with Crippen molar-refractivity contribution in [2.24, 2.45) is 0 Å². The lowest BCUT2D eigenvalue weighted by molar-refractivity contribution is -0.122. The summed E-state index contributed by atoms with van der Waals surface area (Å²) in [6, 6.07) is 13.0. The largest absolute Gasteiger partial charge is 0.480 e. The van der Waals surface area contributed by atoms with Crippen molar-refractivity contribution in [2.75, 3.05) is 12.4 Å². The van der Waals surface area contributed by atoms with Gasteiger partial charge in [-0.2, -0.15) is 0 Å². The molecule has 3 N–H and O–H groups in total. The Kier molecular flexibility index (Phi) is 6.80. The highest BCUT2D eigenvalue weighted by molar-refractivity contribution is 5.94. The molecule has 25 heavy (non-hydrogen) atoms. The molecular formula is C19H25N3O3. The molecule has 0 saturated carbocycles. The molecule has 6 heteroatoms. The molecular weight excluding hydrogens is 318 g/mol. The van der Waals surface area contributed by atoms with Crippen LogP contribution in [0.15, 0.2) is 42.5 Å². The van der Waals surface area contributed by atoms with Crippen molar-refractivity contribution in [1.82, 2.24) is 11.0 Å². The fraction of sp³-hybridized carbons (Fsp3) is 0.316. The predicted molar refractivity (Wildman–Crippen MR) is 98.5 cm³/mol. The van der Waals surface area contributed by atoms with Gasteiger partial charge in [-0.3, -0.25) is 4.79 Å². The third-order valence-corrected chi connectivity index (χ3v) is 3.66. The van der Waals surface area contributed by atoms with Crippen LogP contribution >= 0.6 is 0 Å². The number of carbonyl (C=O) groups is 1. The number of hydrogen-bond acceptors (Lipinski definition) is 5. The molecule has 134 valence electrons. The van der Waals surface area contributed by atoms with Gasteiger partial charge in [-0.15, -0.1) is 0 Å². The summed E-state index contributed by atoms with van der Waals surface area (Å²) in [6.07, 6.45) is 0.0233. The van der Waals surface area contributed by atoms with Gasteiger partial charge in [-0.05, 0) is 56.2 Å². The van der Waals surface area contributed by atoms with Crippen LogP contribution in [-0.2, 0) is 4.79 Å². The van der Waals surface area contributed by atoms with E-state index in [2.05, 4.69) is 16.3 Å². The number of anilines is 1. The van der Waals surface area contributed by atoms with Crippen molar-refractivity contribution < 1.29 is 14.4 Å². The number of hydrogen-bond donors (Lipinski definition) is 3. The molecule has 6 nitrogen and oxygen atoms in total. The SMILES string of the molecule is CCC(Oc1ccc(C)cc1C)C(=O)Nc1ccc(ONNC)cc1. The molecule has 0 fully saturated rings. The number of aryl methyl sites for hydroxylation is 2. The van der Waals surface area contributed by atoms with Crippen molar-refractivity contribution in [2.45, 2.75) is 33.3 Å². The molecule has 1 atom stereocenters. The first-order chi connectivity index (χ1) is 12.0. The summed E-state index contributed by atoms with van der Waals surface area (Å²) in [5.74, 6) is 1.19. The molecule has 0 saturated heterocycles. The Bertz CT molecular complexity index is 702. The highest BCUT2D eigenvalue weighted by Crippen LogP contribution is 2.22. The monoisotopic (exact) mass is 343 g/mol. The van der Waals surface area contributed by atoms with Crippen molar-refractivity contribution in [3.63, 3.8) is 0 Å². The zero-order valence-electron chi connectivity index (χ0n) is 15.1. The number of carbonyl (C=O) groups excluding carboxylic acids is 1. The van der Waals surface area contributed by atoms with E-state index in [9.17, 15) is 4.79 Å². The lowest BCUT2D eigenvalue weighted by atomic mass is 10.1. The third-order valence-electron chi connectivity index (χ3n) is 3.66. The first-order valence-corrected chi connectivity index (χ1v) is 8.27. The van der Waals surface area contributed by atoms with Crippen LogP contribution in [0.25, 0.3) is 0 Å². The predicted octanol–water partition coefficient (Wildman–Crippen LogP) is 3.12. The zero-order chi connectivity index (χ0) is 18.2. The Hall–Kier alpha value is -2.57. The summed E-state index contributed by atoms with van der Waals surface area (Å²) in [5.41, 5.74) is 8.06. The zero-order valence-corrected chi connectivity index (χ0v) is 15.1. The van der Waals surface area contributed by atoms with Crippen molar-refractivity contribution in [1.29, 1.82) is 0 Å². The lowest BCUT2D eigenvalue weighted by Crippen LogP contribution is -2.32. The number of hydrazine groups is 1. The van der Waals surface area contributed by atoms with Gasteiger partial charge in [-0.25, -0.2) is 5.43 Å². The fourth-order valence-electron chi connectivity index (χ4n) is 2.35. The van der Waals surface area contributed by atoms with E-state index in [0.29, 0.717) is 17.9 Å². The van der Waals surface area contributed by atoms with Crippen molar-refractivity contribution in [3.05, 3.63) is 53.6 Å². The molecule has 1 amide bonds. The first kappa shape index (κ1) is 18.8. The average molecular weight is 343 g/mol. The van der Waals surface area contributed by atoms with E-state index < -0.39 is 6.10 Å². The van der Waals surface area contributed by atoms with E-state index in [4.69, 9.17) is 9.57 Å². The molecule has 0 aromatic heterocycles. The highest BCUT2D eigenvalue weighted by atomic mass is 16.7. The number of ether oxygens (including phenoxy) is 1. The highest BCUT2D eigenvalue weighted by Gasteiger charge is 2.19. The van der Waals surface area contributed by atoms with Crippen LogP contribution in [0.5, 0.6) is 11.5 Å². The summed E-state index contributed by atoms with van der Waals surface area (Å²) in [7, 11) is 1.70. The van der Waals surface area contributed by atoms with Gasteiger partial charge in [0.2, 0.25) is 0 Å². The van der Waals surface area contributed by atoms with E-state index in [-0.39, 0.29) is 5.91 Å². The van der Waals surface area contributed by atoms with Crippen molar-refractivity contribution in [3.8, 4) is 11.5 Å². The van der Waals surface area contributed by atoms with Gasteiger partial charge in [0.05, 0.1) is 0 Å². The topological polar surface area (TPSA) is 71.6 Å². The molecule has 0 aliphatic heterocycles. The normalized spacial score (nSPS) is 11.7.